The highest BCUT2D eigenvalue weighted by Gasteiger charge is 2.44. The lowest BCUT2D eigenvalue weighted by molar-refractivity contribution is -0.302. The van der Waals surface area contributed by atoms with Crippen molar-refractivity contribution in [3.05, 3.63) is 0 Å². The second-order valence-corrected chi connectivity index (χ2v) is 6.11. The highest BCUT2D eigenvalue weighted by molar-refractivity contribution is 4.89. The van der Waals surface area contributed by atoms with E-state index in [1.165, 1.54) is 0 Å². The van der Waals surface area contributed by atoms with Crippen LogP contribution in [0.3, 0.4) is 0 Å². The summed E-state index contributed by atoms with van der Waals surface area (Å²) in [5.74, 6) is 0. The number of aliphatic hydroxyl groups is 5. The summed E-state index contributed by atoms with van der Waals surface area (Å²) < 4.78 is 10.5. The summed E-state index contributed by atoms with van der Waals surface area (Å²) in [6.45, 7) is 1.52. The van der Waals surface area contributed by atoms with Crippen molar-refractivity contribution in [2.45, 2.75) is 81.9 Å². The van der Waals surface area contributed by atoms with Crippen LogP contribution in [0, 0.1) is 0 Å². The molecule has 1 fully saturated rings. The van der Waals surface area contributed by atoms with E-state index >= 15 is 0 Å². The fraction of sp³-hybridized carbons (Fsp3) is 1.00. The normalized spacial score (nSPS) is 34.3. The molecule has 1 aliphatic rings. The van der Waals surface area contributed by atoms with Gasteiger partial charge in [-0.3, -0.25) is 0 Å². The Hall–Kier alpha value is -0.320. The van der Waals surface area contributed by atoms with Crippen LogP contribution in [-0.4, -0.2) is 81.6 Å². The summed E-state index contributed by atoms with van der Waals surface area (Å²) in [7, 11) is 0. The maximum Gasteiger partial charge on any atom is 0.186 e. The molecule has 23 heavy (non-hydrogen) atoms. The minimum absolute atomic E-state index is 0.0718. The summed E-state index contributed by atoms with van der Waals surface area (Å²) >= 11 is 0. The minimum atomic E-state index is -1.49. The van der Waals surface area contributed by atoms with Gasteiger partial charge in [-0.1, -0.05) is 32.6 Å². The van der Waals surface area contributed by atoms with Gasteiger partial charge in [0.15, 0.2) is 6.29 Å². The number of aliphatic hydroxyl groups excluding tert-OH is 5. The van der Waals surface area contributed by atoms with Gasteiger partial charge in [-0.05, 0) is 6.42 Å². The lowest BCUT2D eigenvalue weighted by Crippen LogP contribution is -2.59. The van der Waals surface area contributed by atoms with Crippen molar-refractivity contribution in [1.82, 2.24) is 0 Å². The Morgan fingerprint density at radius 2 is 1.78 bits per heavy atom. The smallest absolute Gasteiger partial charge is 0.186 e. The third-order valence-corrected chi connectivity index (χ3v) is 4.15. The van der Waals surface area contributed by atoms with E-state index in [9.17, 15) is 20.4 Å². The average molecular weight is 337 g/mol. The molecule has 0 aromatic rings. The van der Waals surface area contributed by atoms with Crippen LogP contribution in [0.5, 0.6) is 0 Å². The lowest BCUT2D eigenvalue weighted by Gasteiger charge is -2.40. The molecule has 0 aliphatic carbocycles. The van der Waals surface area contributed by atoms with Crippen LogP contribution in [0.15, 0.2) is 0 Å². The standard InChI is InChI=1S/C15H31NO7/c1-2-3-4-5-6-10(18)9(16)8-22-15-14(21)13(20)12(19)11(7-17)23-15/h9-15,17-21H,2-8,16H2,1H3/t9-,10+,11+,12-,13-,14+,15-/m0/s1. The van der Waals surface area contributed by atoms with Crippen LogP contribution in [0.1, 0.15) is 39.0 Å². The van der Waals surface area contributed by atoms with E-state index in [0.717, 1.165) is 25.7 Å². The SMILES string of the molecule is CCCCCC[C@@H](O)[C@@H](N)CO[C@H]1O[C@H](CO)[C@H](O)[C@H](O)[C@H]1O. The van der Waals surface area contributed by atoms with E-state index in [1.807, 2.05) is 0 Å². The summed E-state index contributed by atoms with van der Waals surface area (Å²) in [4.78, 5) is 0. The van der Waals surface area contributed by atoms with Gasteiger partial charge < -0.3 is 40.7 Å². The predicted octanol–water partition coefficient (Wildman–Crippen LogP) is -1.54. The molecular weight excluding hydrogens is 306 g/mol. The fourth-order valence-electron chi connectivity index (χ4n) is 2.52. The Morgan fingerprint density at radius 3 is 2.39 bits per heavy atom. The van der Waals surface area contributed by atoms with Crippen molar-refractivity contribution in [3.63, 3.8) is 0 Å². The molecule has 8 heteroatoms. The zero-order chi connectivity index (χ0) is 17.4. The van der Waals surface area contributed by atoms with Crippen molar-refractivity contribution >= 4 is 0 Å². The first-order valence-electron chi connectivity index (χ1n) is 8.28. The van der Waals surface area contributed by atoms with Crippen molar-refractivity contribution < 1.29 is 35.0 Å². The molecule has 0 aromatic carbocycles. The molecule has 138 valence electrons. The highest BCUT2D eigenvalue weighted by atomic mass is 16.7. The molecule has 0 saturated carbocycles. The molecule has 0 aromatic heterocycles. The molecule has 1 heterocycles. The lowest BCUT2D eigenvalue weighted by atomic mass is 9.99. The van der Waals surface area contributed by atoms with E-state index in [-0.39, 0.29) is 6.61 Å². The molecule has 0 amide bonds. The molecule has 1 rings (SSSR count). The molecule has 0 bridgehead atoms. The predicted molar refractivity (Wildman–Crippen MR) is 82.5 cm³/mol. The Kier molecular flexibility index (Phi) is 9.48. The summed E-state index contributed by atoms with van der Waals surface area (Å²) in [6, 6.07) is -0.649. The molecular formula is C15H31NO7. The number of ether oxygens (including phenoxy) is 2. The van der Waals surface area contributed by atoms with Gasteiger partial charge in [0, 0.05) is 0 Å². The summed E-state index contributed by atoms with van der Waals surface area (Å²) in [5.41, 5.74) is 5.85. The third-order valence-electron chi connectivity index (χ3n) is 4.15. The Morgan fingerprint density at radius 1 is 1.09 bits per heavy atom. The zero-order valence-corrected chi connectivity index (χ0v) is 13.6. The van der Waals surface area contributed by atoms with Gasteiger partial charge in [0.25, 0.3) is 0 Å². The number of rotatable bonds is 10. The second-order valence-electron chi connectivity index (χ2n) is 6.11. The van der Waals surface area contributed by atoms with Gasteiger partial charge in [-0.25, -0.2) is 0 Å². The van der Waals surface area contributed by atoms with Gasteiger partial charge in [0.2, 0.25) is 0 Å². The van der Waals surface area contributed by atoms with Crippen LogP contribution in [0.4, 0.5) is 0 Å². The van der Waals surface area contributed by atoms with Crippen LogP contribution in [0.2, 0.25) is 0 Å². The van der Waals surface area contributed by atoms with Crippen LogP contribution in [-0.2, 0) is 9.47 Å². The first kappa shape index (κ1) is 20.7. The fourth-order valence-corrected chi connectivity index (χ4v) is 2.52. The summed E-state index contributed by atoms with van der Waals surface area (Å²) in [5, 5.41) is 48.2. The van der Waals surface area contributed by atoms with Crippen molar-refractivity contribution in [2.75, 3.05) is 13.2 Å². The molecule has 1 saturated heterocycles. The number of hydrogen-bond donors (Lipinski definition) is 6. The molecule has 7 N–H and O–H groups in total. The van der Waals surface area contributed by atoms with Crippen LogP contribution < -0.4 is 5.73 Å². The van der Waals surface area contributed by atoms with Crippen molar-refractivity contribution in [1.29, 1.82) is 0 Å². The first-order chi connectivity index (χ1) is 10.9. The number of hydrogen-bond acceptors (Lipinski definition) is 8. The topological polar surface area (TPSA) is 146 Å². The van der Waals surface area contributed by atoms with E-state index in [1.54, 1.807) is 0 Å². The molecule has 8 nitrogen and oxygen atoms in total. The van der Waals surface area contributed by atoms with Gasteiger partial charge in [0.05, 0.1) is 25.4 Å². The molecule has 0 radical (unpaired) electrons. The highest BCUT2D eigenvalue weighted by Crippen LogP contribution is 2.22. The molecule has 7 atom stereocenters. The van der Waals surface area contributed by atoms with E-state index in [0.29, 0.717) is 6.42 Å². The monoisotopic (exact) mass is 337 g/mol. The summed E-state index contributed by atoms with van der Waals surface area (Å²) in [6.07, 6.45) is -2.62. The van der Waals surface area contributed by atoms with Crippen molar-refractivity contribution in [3.8, 4) is 0 Å². The second kappa shape index (κ2) is 10.5. The first-order valence-corrected chi connectivity index (χ1v) is 8.28. The Balaban J connectivity index is 2.37. The molecule has 0 unspecified atom stereocenters. The maximum atomic E-state index is 9.97. The van der Waals surface area contributed by atoms with E-state index in [4.69, 9.17) is 20.3 Å². The quantitative estimate of drug-likeness (QED) is 0.263. The largest absolute Gasteiger partial charge is 0.394 e. The average Bonchev–Trinajstić information content (AvgIpc) is 2.55. The zero-order valence-electron chi connectivity index (χ0n) is 13.6. The van der Waals surface area contributed by atoms with E-state index < -0.39 is 49.5 Å². The van der Waals surface area contributed by atoms with Crippen LogP contribution >= 0.6 is 0 Å². The van der Waals surface area contributed by atoms with Gasteiger partial charge >= 0.3 is 0 Å². The van der Waals surface area contributed by atoms with Gasteiger partial charge in [-0.2, -0.15) is 0 Å². The molecule has 0 spiro atoms. The van der Waals surface area contributed by atoms with Gasteiger partial charge in [-0.15, -0.1) is 0 Å². The third kappa shape index (κ3) is 6.24. The van der Waals surface area contributed by atoms with Crippen molar-refractivity contribution in [2.24, 2.45) is 5.73 Å². The molecule has 1 aliphatic heterocycles. The number of nitrogens with two attached hydrogens (primary N) is 1. The van der Waals surface area contributed by atoms with Crippen LogP contribution in [0.25, 0.3) is 0 Å². The Labute approximate surface area is 136 Å². The Bertz CT molecular complexity index is 318. The van der Waals surface area contributed by atoms with E-state index in [2.05, 4.69) is 6.92 Å². The maximum absolute atomic E-state index is 9.97. The minimum Gasteiger partial charge on any atom is -0.394 e. The number of unbranched alkanes of at least 4 members (excludes halogenated alkanes) is 3. The van der Waals surface area contributed by atoms with Gasteiger partial charge in [0.1, 0.15) is 24.4 Å².